The summed E-state index contributed by atoms with van der Waals surface area (Å²) in [7, 11) is 0. The molecule has 6 aromatic rings. The third kappa shape index (κ3) is 6.41. The number of benzene rings is 3. The Morgan fingerprint density at radius 2 is 1.50 bits per heavy atom. The summed E-state index contributed by atoms with van der Waals surface area (Å²) in [4.78, 5) is 8.84. The van der Waals surface area contributed by atoms with Gasteiger partial charge in [-0.05, 0) is 53.9 Å². The van der Waals surface area contributed by atoms with Gasteiger partial charge in [-0.15, -0.1) is 53.1 Å². The zero-order valence-corrected chi connectivity index (χ0v) is 26.3. The number of furan rings is 1. The van der Waals surface area contributed by atoms with Crippen molar-refractivity contribution in [2.24, 2.45) is 0 Å². The Bertz CT molecular complexity index is 1740. The van der Waals surface area contributed by atoms with Gasteiger partial charge in [0.1, 0.15) is 5.58 Å². The summed E-state index contributed by atoms with van der Waals surface area (Å²) < 4.78 is 6.16. The molecule has 4 heteroatoms. The molecule has 3 aromatic heterocycles. The summed E-state index contributed by atoms with van der Waals surface area (Å²) in [6.07, 6.45) is 3.65. The van der Waals surface area contributed by atoms with E-state index in [0.717, 1.165) is 44.5 Å². The Balaban J connectivity index is 0.000000187. The molecule has 0 atom stereocenters. The van der Waals surface area contributed by atoms with Crippen LogP contribution in [0, 0.1) is 26.0 Å². The van der Waals surface area contributed by atoms with Crippen LogP contribution in [0.25, 0.3) is 44.5 Å². The molecule has 3 aromatic carbocycles. The molecular weight excluding hydrogens is 669 g/mol. The molecule has 40 heavy (non-hydrogen) atoms. The van der Waals surface area contributed by atoms with E-state index in [4.69, 9.17) is 4.42 Å². The molecule has 205 valence electrons. The van der Waals surface area contributed by atoms with Gasteiger partial charge >= 0.3 is 0 Å². The maximum atomic E-state index is 6.16. The Hall–Kier alpha value is -3.59. The average Bonchev–Trinajstić information content (AvgIpc) is 3.31. The molecule has 0 bridgehead atoms. The standard InChI is InChI=1S/C20H16NO.C16H18N.Ir/c1-13(2)14-9-10-15-16-6-5-7-17(18-8-3-4-11-21-18)20(16)22-19(15)12-14;1-11(2)14-7-13(4)8-15(10-14)16-9-12(3)5-6-17-16;/h3-6,8-13H,1-2H3;5-7,9-11H,1-4H3;/q2*-1;. The monoisotopic (exact) mass is 703 g/mol. The van der Waals surface area contributed by atoms with Crippen molar-refractivity contribution in [1.82, 2.24) is 9.97 Å². The molecule has 0 aliphatic rings. The fourth-order valence-electron chi connectivity index (χ4n) is 4.72. The summed E-state index contributed by atoms with van der Waals surface area (Å²) in [6, 6.07) is 31.5. The van der Waals surface area contributed by atoms with Crippen LogP contribution in [-0.4, -0.2) is 9.97 Å². The van der Waals surface area contributed by atoms with Crippen molar-refractivity contribution in [3.8, 4) is 22.5 Å². The summed E-state index contributed by atoms with van der Waals surface area (Å²) in [5.74, 6) is 1.02. The van der Waals surface area contributed by atoms with Crippen LogP contribution in [0.5, 0.6) is 0 Å². The van der Waals surface area contributed by atoms with Gasteiger partial charge in [-0.1, -0.05) is 81.5 Å². The minimum Gasteiger partial charge on any atom is -0.501 e. The zero-order chi connectivity index (χ0) is 27.5. The molecule has 0 N–H and O–H groups in total. The van der Waals surface area contributed by atoms with Crippen LogP contribution in [0.1, 0.15) is 61.8 Å². The van der Waals surface area contributed by atoms with E-state index in [2.05, 4.69) is 106 Å². The van der Waals surface area contributed by atoms with Crippen molar-refractivity contribution in [3.63, 3.8) is 0 Å². The van der Waals surface area contributed by atoms with Crippen LogP contribution >= 0.6 is 0 Å². The van der Waals surface area contributed by atoms with Gasteiger partial charge in [0.05, 0.1) is 5.58 Å². The first-order valence-corrected chi connectivity index (χ1v) is 13.6. The first kappa shape index (κ1) is 29.4. The van der Waals surface area contributed by atoms with Crippen molar-refractivity contribution in [2.75, 3.05) is 0 Å². The van der Waals surface area contributed by atoms with Gasteiger partial charge in [-0.25, -0.2) is 0 Å². The van der Waals surface area contributed by atoms with E-state index in [1.807, 2.05) is 36.5 Å². The first-order valence-electron chi connectivity index (χ1n) is 13.6. The Morgan fingerprint density at radius 1 is 0.725 bits per heavy atom. The zero-order valence-electron chi connectivity index (χ0n) is 23.9. The molecule has 0 saturated heterocycles. The average molecular weight is 703 g/mol. The fourth-order valence-corrected chi connectivity index (χ4v) is 4.72. The molecule has 0 unspecified atom stereocenters. The molecule has 3 nitrogen and oxygen atoms in total. The predicted molar refractivity (Wildman–Crippen MR) is 162 cm³/mol. The molecule has 3 heterocycles. The fraction of sp³-hybridized carbons (Fsp3) is 0.222. The SMILES string of the molecule is CC(C)c1ccc2c(c1)oc1c(-c3ccccn3)[c-]ccc12.Cc1[c-]c(-c2cc(C)ccn2)cc(C(C)C)c1.[Ir]. The van der Waals surface area contributed by atoms with Gasteiger partial charge in [-0.2, -0.15) is 0 Å². The van der Waals surface area contributed by atoms with Gasteiger partial charge < -0.3 is 14.4 Å². The number of hydrogen-bond acceptors (Lipinski definition) is 3. The molecule has 0 amide bonds. The number of hydrogen-bond donors (Lipinski definition) is 0. The van der Waals surface area contributed by atoms with Gasteiger partial charge in [0.2, 0.25) is 0 Å². The summed E-state index contributed by atoms with van der Waals surface area (Å²) in [6.45, 7) is 13.0. The normalized spacial score (nSPS) is 11.0. The van der Waals surface area contributed by atoms with Crippen LogP contribution in [0.2, 0.25) is 0 Å². The minimum atomic E-state index is 0. The largest absolute Gasteiger partial charge is 0.501 e. The smallest absolute Gasteiger partial charge is 0.121 e. The molecule has 0 saturated carbocycles. The third-order valence-electron chi connectivity index (χ3n) is 6.93. The second-order valence-electron chi connectivity index (χ2n) is 10.7. The number of nitrogens with zero attached hydrogens (tertiary/aromatic N) is 2. The molecule has 0 aliphatic heterocycles. The van der Waals surface area contributed by atoms with E-state index in [-0.39, 0.29) is 20.1 Å². The summed E-state index contributed by atoms with van der Waals surface area (Å²) in [5.41, 5.74) is 10.7. The van der Waals surface area contributed by atoms with E-state index in [1.165, 1.54) is 22.3 Å². The Labute approximate surface area is 251 Å². The molecule has 0 fully saturated rings. The van der Waals surface area contributed by atoms with Crippen molar-refractivity contribution in [2.45, 2.75) is 53.4 Å². The Morgan fingerprint density at radius 3 is 2.20 bits per heavy atom. The van der Waals surface area contributed by atoms with E-state index in [9.17, 15) is 0 Å². The van der Waals surface area contributed by atoms with Gasteiger partial charge in [0.25, 0.3) is 0 Å². The quantitative estimate of drug-likeness (QED) is 0.172. The predicted octanol–water partition coefficient (Wildman–Crippen LogP) is 9.86. The van der Waals surface area contributed by atoms with Gasteiger partial charge in [0.15, 0.2) is 0 Å². The minimum absolute atomic E-state index is 0. The number of fused-ring (bicyclic) bond motifs is 3. The first-order chi connectivity index (χ1) is 18.8. The third-order valence-corrected chi connectivity index (χ3v) is 6.93. The van der Waals surface area contributed by atoms with Crippen molar-refractivity contribution >= 4 is 21.9 Å². The van der Waals surface area contributed by atoms with Crippen molar-refractivity contribution in [1.29, 1.82) is 0 Å². The molecule has 0 spiro atoms. The van der Waals surface area contributed by atoms with Gasteiger partial charge in [-0.3, -0.25) is 0 Å². The number of aromatic nitrogens is 2. The van der Waals surface area contributed by atoms with E-state index in [0.29, 0.717) is 11.8 Å². The van der Waals surface area contributed by atoms with E-state index >= 15 is 0 Å². The van der Waals surface area contributed by atoms with Crippen LogP contribution in [0.15, 0.2) is 89.6 Å². The van der Waals surface area contributed by atoms with Crippen LogP contribution in [-0.2, 0) is 20.1 Å². The second-order valence-corrected chi connectivity index (χ2v) is 10.7. The van der Waals surface area contributed by atoms with Crippen LogP contribution in [0.4, 0.5) is 0 Å². The molecule has 6 rings (SSSR count). The van der Waals surface area contributed by atoms with E-state index in [1.54, 1.807) is 6.20 Å². The van der Waals surface area contributed by atoms with Crippen LogP contribution in [0.3, 0.4) is 0 Å². The van der Waals surface area contributed by atoms with Crippen molar-refractivity contribution in [3.05, 3.63) is 120 Å². The van der Waals surface area contributed by atoms with Crippen molar-refractivity contribution < 1.29 is 24.5 Å². The number of pyridine rings is 2. The maximum Gasteiger partial charge on any atom is 0.121 e. The number of aryl methyl sites for hydroxylation is 2. The van der Waals surface area contributed by atoms with E-state index < -0.39 is 0 Å². The molecular formula is C36H34IrN2O-2. The number of rotatable bonds is 4. The summed E-state index contributed by atoms with van der Waals surface area (Å²) >= 11 is 0. The topological polar surface area (TPSA) is 38.9 Å². The van der Waals surface area contributed by atoms with Crippen LogP contribution < -0.4 is 0 Å². The second kappa shape index (κ2) is 12.7. The summed E-state index contributed by atoms with van der Waals surface area (Å²) in [5, 5.41) is 2.26. The maximum absolute atomic E-state index is 6.16. The molecule has 1 radical (unpaired) electrons. The molecule has 0 aliphatic carbocycles. The Kier molecular flexibility index (Phi) is 9.35. The van der Waals surface area contributed by atoms with Gasteiger partial charge in [0, 0.05) is 37.9 Å².